The summed E-state index contributed by atoms with van der Waals surface area (Å²) in [5, 5.41) is 8.94. The van der Waals surface area contributed by atoms with Crippen LogP contribution >= 0.6 is 0 Å². The number of halogens is 3. The quantitative estimate of drug-likeness (QED) is 0.684. The normalized spacial score (nSPS) is 25.2. The number of hydrogen-bond donors (Lipinski definition) is 0. The lowest BCUT2D eigenvalue weighted by molar-refractivity contribution is -0.137. The fourth-order valence-electron chi connectivity index (χ4n) is 4.38. The smallest absolute Gasteiger partial charge is 0.417 e. The fourth-order valence-corrected chi connectivity index (χ4v) is 4.38. The van der Waals surface area contributed by atoms with Crippen molar-refractivity contribution in [2.45, 2.75) is 50.7 Å². The largest absolute Gasteiger partial charge is 0.447 e. The summed E-state index contributed by atoms with van der Waals surface area (Å²) in [6, 6.07) is 1.45. The SMILES string of the molecule is CC(C)OC(=O)N1C[C@H]2CC1C1C(=O)N(c3ccc(C#N)c(C(F)(F)F)c3)C(=O)N12. The number of amides is 4. The van der Waals surface area contributed by atoms with Gasteiger partial charge >= 0.3 is 18.3 Å². The number of rotatable bonds is 2. The van der Waals surface area contributed by atoms with Crippen LogP contribution in [-0.2, 0) is 15.7 Å². The van der Waals surface area contributed by atoms with Gasteiger partial charge in [0.25, 0.3) is 5.91 Å². The molecule has 11 heteroatoms. The zero-order valence-electron chi connectivity index (χ0n) is 16.0. The zero-order chi connectivity index (χ0) is 22.0. The summed E-state index contributed by atoms with van der Waals surface area (Å²) in [6.45, 7) is 3.57. The average Bonchev–Trinajstić information content (AvgIpc) is 3.31. The van der Waals surface area contributed by atoms with E-state index in [-0.39, 0.29) is 18.3 Å². The first-order valence-corrected chi connectivity index (χ1v) is 9.29. The Morgan fingerprint density at radius 3 is 2.60 bits per heavy atom. The Hall–Kier alpha value is -3.29. The minimum atomic E-state index is -4.82. The highest BCUT2D eigenvalue weighted by molar-refractivity contribution is 6.22. The van der Waals surface area contributed by atoms with Gasteiger partial charge in [0.05, 0.1) is 41.1 Å². The van der Waals surface area contributed by atoms with Gasteiger partial charge in [-0.3, -0.25) is 4.79 Å². The first kappa shape index (κ1) is 20.0. The fraction of sp³-hybridized carbons (Fsp3) is 0.474. The summed E-state index contributed by atoms with van der Waals surface area (Å²) >= 11 is 0. The Bertz CT molecular complexity index is 987. The van der Waals surface area contributed by atoms with Crippen LogP contribution in [0.4, 0.5) is 28.4 Å². The lowest BCUT2D eigenvalue weighted by atomic mass is 10.1. The number of fused-ring (bicyclic) bond motifs is 5. The van der Waals surface area contributed by atoms with Crippen molar-refractivity contribution in [3.8, 4) is 6.07 Å². The molecule has 0 N–H and O–H groups in total. The third-order valence-electron chi connectivity index (χ3n) is 5.52. The number of imide groups is 1. The van der Waals surface area contributed by atoms with Gasteiger partial charge in [0, 0.05) is 6.54 Å². The second-order valence-electron chi connectivity index (χ2n) is 7.69. The number of piperazine rings is 1. The van der Waals surface area contributed by atoms with E-state index in [0.717, 1.165) is 12.1 Å². The van der Waals surface area contributed by atoms with Gasteiger partial charge in [-0.15, -0.1) is 0 Å². The van der Waals surface area contributed by atoms with Gasteiger partial charge in [0.2, 0.25) is 0 Å². The molecule has 4 amide bonds. The molecule has 8 nitrogen and oxygen atoms in total. The van der Waals surface area contributed by atoms with Gasteiger partial charge in [-0.25, -0.2) is 14.5 Å². The maximum atomic E-state index is 13.3. The molecule has 3 aliphatic heterocycles. The first-order valence-electron chi connectivity index (χ1n) is 9.29. The Kier molecular flexibility index (Phi) is 4.41. The maximum Gasteiger partial charge on any atom is 0.417 e. The molecule has 3 saturated heterocycles. The molecule has 0 saturated carbocycles. The van der Waals surface area contributed by atoms with E-state index in [0.29, 0.717) is 17.4 Å². The summed E-state index contributed by atoms with van der Waals surface area (Å²) < 4.78 is 45.1. The number of carbonyl (C=O) groups excluding carboxylic acids is 3. The molecule has 30 heavy (non-hydrogen) atoms. The summed E-state index contributed by atoms with van der Waals surface area (Å²) in [6.07, 6.45) is -5.36. The van der Waals surface area contributed by atoms with Crippen LogP contribution in [0, 0.1) is 11.3 Å². The van der Waals surface area contributed by atoms with E-state index in [4.69, 9.17) is 10.00 Å². The minimum absolute atomic E-state index is 0.195. The molecule has 0 radical (unpaired) electrons. The molecule has 4 rings (SSSR count). The molecule has 1 aromatic carbocycles. The summed E-state index contributed by atoms with van der Waals surface area (Å²) in [7, 11) is 0. The highest BCUT2D eigenvalue weighted by Crippen LogP contribution is 2.43. The molecule has 2 bridgehead atoms. The molecule has 1 aromatic rings. The molecule has 2 unspecified atom stereocenters. The number of nitriles is 1. The van der Waals surface area contributed by atoms with Crippen molar-refractivity contribution < 1.29 is 32.3 Å². The molecule has 3 heterocycles. The van der Waals surface area contributed by atoms with Crippen molar-refractivity contribution in [2.24, 2.45) is 0 Å². The zero-order valence-corrected chi connectivity index (χ0v) is 16.0. The Morgan fingerprint density at radius 2 is 2.00 bits per heavy atom. The van der Waals surface area contributed by atoms with Gasteiger partial charge < -0.3 is 14.5 Å². The minimum Gasteiger partial charge on any atom is -0.447 e. The topological polar surface area (TPSA) is 94.0 Å². The number of carbonyl (C=O) groups is 3. The third kappa shape index (κ3) is 2.86. The molecule has 158 valence electrons. The molecule has 0 spiro atoms. The number of anilines is 1. The van der Waals surface area contributed by atoms with Gasteiger partial charge in [-0.1, -0.05) is 0 Å². The monoisotopic (exact) mass is 422 g/mol. The predicted molar refractivity (Wildman–Crippen MR) is 95.2 cm³/mol. The van der Waals surface area contributed by atoms with Crippen molar-refractivity contribution >= 4 is 23.7 Å². The highest BCUT2D eigenvalue weighted by atomic mass is 19.4. The van der Waals surface area contributed by atoms with E-state index in [2.05, 4.69) is 0 Å². The van der Waals surface area contributed by atoms with Crippen molar-refractivity contribution in [3.63, 3.8) is 0 Å². The van der Waals surface area contributed by atoms with Crippen LogP contribution in [0.15, 0.2) is 18.2 Å². The van der Waals surface area contributed by atoms with Gasteiger partial charge in [0.1, 0.15) is 6.04 Å². The number of alkyl halides is 3. The van der Waals surface area contributed by atoms with Gasteiger partial charge in [-0.2, -0.15) is 18.4 Å². The predicted octanol–water partition coefficient (Wildman–Crippen LogP) is 2.72. The van der Waals surface area contributed by atoms with Crippen LogP contribution in [0.3, 0.4) is 0 Å². The molecular formula is C19H17F3N4O4. The second kappa shape index (κ2) is 6.62. The van der Waals surface area contributed by atoms with Crippen molar-refractivity contribution in [1.29, 1.82) is 5.26 Å². The molecular weight excluding hydrogens is 405 g/mol. The average molecular weight is 422 g/mol. The lowest BCUT2D eigenvalue weighted by Gasteiger charge is -2.34. The molecule has 0 aliphatic carbocycles. The number of likely N-dealkylation sites (tertiary alicyclic amines) is 1. The molecule has 0 aromatic heterocycles. The van der Waals surface area contributed by atoms with Crippen molar-refractivity contribution in [2.75, 3.05) is 11.4 Å². The van der Waals surface area contributed by atoms with Gasteiger partial charge in [-0.05, 0) is 38.5 Å². The third-order valence-corrected chi connectivity index (χ3v) is 5.52. The lowest BCUT2D eigenvalue weighted by Crippen LogP contribution is -2.55. The van der Waals surface area contributed by atoms with E-state index in [1.807, 2.05) is 0 Å². The van der Waals surface area contributed by atoms with E-state index in [1.54, 1.807) is 13.8 Å². The molecule has 3 atom stereocenters. The Balaban J connectivity index is 1.66. The summed E-state index contributed by atoms with van der Waals surface area (Å²) in [4.78, 5) is 41.7. The molecule has 3 aliphatic rings. The Labute approximate surface area is 169 Å². The van der Waals surface area contributed by atoms with Crippen LogP contribution in [-0.4, -0.2) is 58.6 Å². The van der Waals surface area contributed by atoms with Crippen LogP contribution in [0.25, 0.3) is 0 Å². The Morgan fingerprint density at radius 1 is 1.30 bits per heavy atom. The summed E-state index contributed by atoms with van der Waals surface area (Å²) in [5.74, 6) is -0.702. The van der Waals surface area contributed by atoms with E-state index >= 15 is 0 Å². The van der Waals surface area contributed by atoms with Crippen LogP contribution in [0.2, 0.25) is 0 Å². The van der Waals surface area contributed by atoms with Gasteiger partial charge in [0.15, 0.2) is 0 Å². The maximum absolute atomic E-state index is 13.3. The van der Waals surface area contributed by atoms with E-state index in [1.165, 1.54) is 15.9 Å². The standard InChI is InChI=1S/C19H17F3N4O4/c1-9(2)30-18(29)24-8-12-6-14(24)15-16(27)26(17(28)25(12)15)11-4-3-10(7-23)13(5-11)19(20,21)22/h3-5,9,12,14-15H,6,8H2,1-2H3/t12-,14?,15?/m1/s1. The van der Waals surface area contributed by atoms with Crippen molar-refractivity contribution in [3.05, 3.63) is 29.3 Å². The summed E-state index contributed by atoms with van der Waals surface area (Å²) in [5.41, 5.74) is -2.09. The number of ether oxygens (including phenoxy) is 1. The highest BCUT2D eigenvalue weighted by Gasteiger charge is 2.63. The van der Waals surface area contributed by atoms with E-state index < -0.39 is 53.5 Å². The van der Waals surface area contributed by atoms with Crippen molar-refractivity contribution in [1.82, 2.24) is 9.80 Å². The number of hydrogen-bond acceptors (Lipinski definition) is 5. The number of nitrogens with zero attached hydrogens (tertiary/aromatic N) is 4. The van der Waals surface area contributed by atoms with Crippen LogP contribution in [0.5, 0.6) is 0 Å². The molecule has 3 fully saturated rings. The van der Waals surface area contributed by atoms with Crippen LogP contribution in [0.1, 0.15) is 31.4 Å². The second-order valence-corrected chi connectivity index (χ2v) is 7.69. The van der Waals surface area contributed by atoms with Crippen LogP contribution < -0.4 is 4.90 Å². The van der Waals surface area contributed by atoms with E-state index in [9.17, 15) is 27.6 Å². The number of benzene rings is 1. The first-order chi connectivity index (χ1) is 14.0. The number of urea groups is 1.